The Kier molecular flexibility index (Phi) is 4.92. The van der Waals surface area contributed by atoms with Crippen molar-refractivity contribution in [2.75, 3.05) is 25.5 Å². The van der Waals surface area contributed by atoms with Gasteiger partial charge in [-0.25, -0.2) is 28.5 Å². The van der Waals surface area contributed by atoms with Crippen LogP contribution in [-0.4, -0.2) is 51.1 Å². The molecule has 1 aliphatic rings. The van der Waals surface area contributed by atoms with Gasteiger partial charge in [0.05, 0.1) is 13.3 Å². The summed E-state index contributed by atoms with van der Waals surface area (Å²) in [6, 6.07) is 2.22. The molecule has 0 aromatic carbocycles. The van der Waals surface area contributed by atoms with Gasteiger partial charge in [0.25, 0.3) is 0 Å². The molecule has 0 radical (unpaired) electrons. The number of piperidine rings is 1. The Morgan fingerprint density at radius 1 is 1.32 bits per heavy atom. The van der Waals surface area contributed by atoms with E-state index >= 15 is 0 Å². The van der Waals surface area contributed by atoms with Crippen molar-refractivity contribution in [1.29, 1.82) is 0 Å². The van der Waals surface area contributed by atoms with Crippen molar-refractivity contribution in [3.05, 3.63) is 30.0 Å². The van der Waals surface area contributed by atoms with Gasteiger partial charge in [-0.15, -0.1) is 5.10 Å². The van der Waals surface area contributed by atoms with Gasteiger partial charge in [0, 0.05) is 24.7 Å². The molecular formula is C17H18F2N6O3. The number of hydrogen-bond acceptors (Lipinski definition) is 8. The number of fused-ring (bicyclic) bond motifs is 1. The van der Waals surface area contributed by atoms with Gasteiger partial charge < -0.3 is 20.3 Å². The van der Waals surface area contributed by atoms with Crippen molar-refractivity contribution in [3.63, 3.8) is 0 Å². The van der Waals surface area contributed by atoms with Crippen LogP contribution in [0.4, 0.5) is 14.6 Å². The van der Waals surface area contributed by atoms with Gasteiger partial charge in [0.2, 0.25) is 0 Å². The van der Waals surface area contributed by atoms with Gasteiger partial charge in [0.15, 0.2) is 28.8 Å². The number of nitrogens with zero attached hydrogens (tertiary/aromatic N) is 4. The number of aromatic nitrogens is 4. The number of anilines is 1. The van der Waals surface area contributed by atoms with Crippen molar-refractivity contribution in [3.8, 4) is 23.0 Å². The molecule has 4 rings (SSSR count). The molecule has 3 N–H and O–H groups in total. The van der Waals surface area contributed by atoms with Gasteiger partial charge >= 0.3 is 5.88 Å². The first-order valence-electron chi connectivity index (χ1n) is 8.68. The second-order valence-electron chi connectivity index (χ2n) is 6.36. The molecular weight excluding hydrogens is 374 g/mol. The van der Waals surface area contributed by atoms with Gasteiger partial charge in [0.1, 0.15) is 11.4 Å². The Bertz CT molecular complexity index is 1010. The summed E-state index contributed by atoms with van der Waals surface area (Å²) in [5, 5.41) is 19.3. The second kappa shape index (κ2) is 7.52. The van der Waals surface area contributed by atoms with E-state index in [4.69, 9.17) is 9.99 Å². The molecule has 0 amide bonds. The first-order valence-corrected chi connectivity index (χ1v) is 8.68. The maximum absolute atomic E-state index is 14.5. The maximum atomic E-state index is 14.5. The fourth-order valence-corrected chi connectivity index (χ4v) is 3.17. The molecule has 11 heteroatoms. The summed E-state index contributed by atoms with van der Waals surface area (Å²) in [7, 11) is 1.37. The van der Waals surface area contributed by atoms with Gasteiger partial charge in [-0.2, -0.15) is 0 Å². The third-order valence-corrected chi connectivity index (χ3v) is 4.54. The minimum Gasteiger partial charge on any atom is -0.491 e. The Hall–Kier alpha value is -3.05. The Morgan fingerprint density at radius 3 is 2.89 bits per heavy atom. The quantitative estimate of drug-likeness (QED) is 0.448. The van der Waals surface area contributed by atoms with Crippen LogP contribution in [-0.2, 0) is 0 Å². The molecule has 0 spiro atoms. The van der Waals surface area contributed by atoms with E-state index < -0.39 is 11.6 Å². The van der Waals surface area contributed by atoms with Crippen molar-refractivity contribution in [2.24, 2.45) is 0 Å². The number of hydrogen-bond donors (Lipinski definition) is 3. The number of rotatable bonds is 5. The molecule has 0 unspecified atom stereocenters. The van der Waals surface area contributed by atoms with Crippen LogP contribution < -0.4 is 20.3 Å². The normalized spacial score (nSPS) is 16.9. The van der Waals surface area contributed by atoms with Crippen LogP contribution in [0, 0.1) is 11.6 Å². The van der Waals surface area contributed by atoms with Crippen LogP contribution >= 0.6 is 0 Å². The standard InChI is InChI=1S/C17H18F2N6O3/c1-27-13-6-14-21-8-12(25(14)24-17(13)28-26)15-10(18)5-11(19)16(23-15)22-9-3-2-4-20-7-9/h5-6,8-9,20,26H,2-4,7H2,1H3,(H,22,23)/t9-/m1/s1. The molecule has 0 aliphatic carbocycles. The highest BCUT2D eigenvalue weighted by Crippen LogP contribution is 2.30. The zero-order valence-corrected chi connectivity index (χ0v) is 14.9. The van der Waals surface area contributed by atoms with Crippen LogP contribution in [0.25, 0.3) is 17.0 Å². The number of pyridine rings is 1. The minimum atomic E-state index is -0.865. The summed E-state index contributed by atoms with van der Waals surface area (Å²) in [5.41, 5.74) is 0.337. The average molecular weight is 392 g/mol. The lowest BCUT2D eigenvalue weighted by atomic mass is 10.1. The molecule has 1 saturated heterocycles. The molecule has 3 aromatic rings. The summed E-state index contributed by atoms with van der Waals surface area (Å²) < 4.78 is 35.0. The summed E-state index contributed by atoms with van der Waals surface area (Å²) in [6.45, 7) is 1.58. The lowest BCUT2D eigenvalue weighted by Crippen LogP contribution is -2.38. The zero-order valence-electron chi connectivity index (χ0n) is 14.9. The SMILES string of the molecule is COc1cc2ncc(-c3nc(N[C@@H]4CCCNC4)c(F)cc3F)n2nc1OO. The average Bonchev–Trinajstić information content (AvgIpc) is 3.12. The number of nitrogens with one attached hydrogen (secondary N) is 2. The van der Waals surface area contributed by atoms with E-state index in [1.165, 1.54) is 23.9 Å². The summed E-state index contributed by atoms with van der Waals surface area (Å²) in [4.78, 5) is 12.5. The summed E-state index contributed by atoms with van der Waals surface area (Å²) in [6.07, 6.45) is 3.16. The molecule has 28 heavy (non-hydrogen) atoms. The number of imidazole rings is 1. The van der Waals surface area contributed by atoms with E-state index in [1.54, 1.807) is 0 Å². The molecule has 3 aromatic heterocycles. The number of methoxy groups -OCH3 is 1. The fraction of sp³-hybridized carbons (Fsp3) is 0.353. The highest BCUT2D eigenvalue weighted by molar-refractivity contribution is 5.63. The monoisotopic (exact) mass is 392 g/mol. The molecule has 0 saturated carbocycles. The Balaban J connectivity index is 1.77. The lowest BCUT2D eigenvalue weighted by Gasteiger charge is -2.24. The molecule has 148 valence electrons. The van der Waals surface area contributed by atoms with E-state index in [1.807, 2.05) is 0 Å². The van der Waals surface area contributed by atoms with Crippen molar-refractivity contribution in [2.45, 2.75) is 18.9 Å². The minimum absolute atomic E-state index is 0.00646. The van der Waals surface area contributed by atoms with Crippen LogP contribution in [0.3, 0.4) is 0 Å². The van der Waals surface area contributed by atoms with E-state index in [2.05, 4.69) is 30.6 Å². The molecule has 1 fully saturated rings. The number of halogens is 2. The predicted molar refractivity (Wildman–Crippen MR) is 95.5 cm³/mol. The summed E-state index contributed by atoms with van der Waals surface area (Å²) >= 11 is 0. The first kappa shape index (κ1) is 18.3. The van der Waals surface area contributed by atoms with E-state index in [9.17, 15) is 8.78 Å². The Morgan fingerprint density at radius 2 is 2.18 bits per heavy atom. The van der Waals surface area contributed by atoms with E-state index in [-0.39, 0.29) is 34.9 Å². The topological polar surface area (TPSA) is 106 Å². The molecule has 1 atom stereocenters. The maximum Gasteiger partial charge on any atom is 0.315 e. The van der Waals surface area contributed by atoms with Crippen molar-refractivity contribution >= 4 is 11.5 Å². The van der Waals surface area contributed by atoms with Crippen LogP contribution in [0.1, 0.15) is 12.8 Å². The van der Waals surface area contributed by atoms with Crippen LogP contribution in [0.2, 0.25) is 0 Å². The number of ether oxygens (including phenoxy) is 1. The van der Waals surface area contributed by atoms with E-state index in [0.717, 1.165) is 25.5 Å². The first-order chi connectivity index (χ1) is 13.6. The molecule has 0 bridgehead atoms. The molecule has 4 heterocycles. The summed E-state index contributed by atoms with van der Waals surface area (Å²) in [5.74, 6) is -1.78. The third-order valence-electron chi connectivity index (χ3n) is 4.54. The second-order valence-corrected chi connectivity index (χ2v) is 6.36. The van der Waals surface area contributed by atoms with Crippen molar-refractivity contribution < 1.29 is 23.7 Å². The lowest BCUT2D eigenvalue weighted by molar-refractivity contribution is -0.143. The third kappa shape index (κ3) is 3.29. The van der Waals surface area contributed by atoms with Gasteiger partial charge in [-0.1, -0.05) is 0 Å². The van der Waals surface area contributed by atoms with Crippen molar-refractivity contribution in [1.82, 2.24) is 24.9 Å². The highest BCUT2D eigenvalue weighted by atomic mass is 19.1. The molecule has 1 aliphatic heterocycles. The highest BCUT2D eigenvalue weighted by Gasteiger charge is 2.21. The van der Waals surface area contributed by atoms with Gasteiger partial charge in [-0.05, 0) is 19.4 Å². The molecule has 9 nitrogen and oxygen atoms in total. The van der Waals surface area contributed by atoms with E-state index in [0.29, 0.717) is 12.2 Å². The predicted octanol–water partition coefficient (Wildman–Crippen LogP) is 2.09. The van der Waals surface area contributed by atoms with Crippen LogP contribution in [0.15, 0.2) is 18.3 Å². The van der Waals surface area contributed by atoms with Gasteiger partial charge in [-0.3, -0.25) is 0 Å². The zero-order chi connectivity index (χ0) is 19.7. The largest absolute Gasteiger partial charge is 0.491 e. The smallest absolute Gasteiger partial charge is 0.315 e. The van der Waals surface area contributed by atoms with Crippen LogP contribution in [0.5, 0.6) is 11.6 Å². The Labute approximate surface area is 158 Å². The fourth-order valence-electron chi connectivity index (χ4n) is 3.17.